The Hall–Kier alpha value is -4.67. The van der Waals surface area contributed by atoms with Crippen molar-refractivity contribution in [1.82, 2.24) is 9.80 Å². The van der Waals surface area contributed by atoms with E-state index in [0.29, 0.717) is 31.6 Å². The van der Waals surface area contributed by atoms with Gasteiger partial charge in [0.2, 0.25) is 11.8 Å². The van der Waals surface area contributed by atoms with Crippen LogP contribution >= 0.6 is 0 Å². The number of imide groups is 1. The molecule has 1 N–H and O–H groups in total. The number of piperidine rings is 1. The average Bonchev–Trinajstić information content (AvgIpc) is 3.80. The number of rotatable bonds is 14. The second-order valence-electron chi connectivity index (χ2n) is 18.6. The van der Waals surface area contributed by atoms with Crippen LogP contribution in [0.3, 0.4) is 0 Å². The van der Waals surface area contributed by atoms with E-state index in [1.165, 1.54) is 33.6 Å². The molecular formula is C52H61FN2O5Si. The standard InChI is InChI=1S/C52H61FN2O5Si/c1-5-15-36(30-38-22-24-46(56)45(53)31-38)23-25-47-48-39(34-60-61(52(2,3)4,41-18-11-7-12-19-41)42-20-13-8-14-21-42)32-43-49(44(48)35-59-47)51(58)55(50(43)57)40-26-28-54(29-27-40)33-37-16-9-6-10-17-37/h6-14,16-22,24,30-31,40,43-44,47,49,56H,5,15,23,25-29,32-35H2,1-4H3/b36-30+/t43-,44+,47-,49-/m1/s1. The number of fused-ring (bicyclic) bond motifs is 3. The molecule has 9 heteroatoms. The van der Waals surface area contributed by atoms with Crippen LogP contribution in [0.1, 0.15) is 83.8 Å². The highest BCUT2D eigenvalue weighted by molar-refractivity contribution is 6.99. The predicted octanol–water partition coefficient (Wildman–Crippen LogP) is 9.05. The molecule has 2 amide bonds. The fourth-order valence-electron chi connectivity index (χ4n) is 10.9. The molecule has 4 aliphatic rings. The zero-order valence-corrected chi connectivity index (χ0v) is 37.2. The summed E-state index contributed by atoms with van der Waals surface area (Å²) >= 11 is 0. The van der Waals surface area contributed by atoms with E-state index in [-0.39, 0.29) is 40.7 Å². The maximum absolute atomic E-state index is 14.7. The number of allylic oxidation sites excluding steroid dienone is 1. The predicted molar refractivity (Wildman–Crippen MR) is 242 cm³/mol. The van der Waals surface area contributed by atoms with Crippen LogP contribution in [0, 0.1) is 23.6 Å². The van der Waals surface area contributed by atoms with Gasteiger partial charge in [-0.3, -0.25) is 19.4 Å². The van der Waals surface area contributed by atoms with E-state index in [9.17, 15) is 19.1 Å². The maximum atomic E-state index is 14.7. The Kier molecular flexibility index (Phi) is 12.9. The van der Waals surface area contributed by atoms with Gasteiger partial charge in [-0.2, -0.15) is 0 Å². The molecule has 0 bridgehead atoms. The number of benzene rings is 4. The van der Waals surface area contributed by atoms with Crippen molar-refractivity contribution in [2.45, 2.75) is 96.4 Å². The summed E-state index contributed by atoms with van der Waals surface area (Å²) in [6, 6.07) is 36.2. The summed E-state index contributed by atoms with van der Waals surface area (Å²) in [4.78, 5) is 33.5. The largest absolute Gasteiger partial charge is 0.505 e. The number of likely N-dealkylation sites (tertiary alicyclic amines) is 2. The Balaban J connectivity index is 1.11. The number of amides is 2. The van der Waals surface area contributed by atoms with E-state index in [4.69, 9.17) is 9.16 Å². The molecule has 320 valence electrons. The number of phenols is 1. The first-order valence-corrected chi connectivity index (χ1v) is 24.3. The molecule has 0 unspecified atom stereocenters. The lowest BCUT2D eigenvalue weighted by Gasteiger charge is -2.44. The monoisotopic (exact) mass is 840 g/mol. The molecule has 61 heavy (non-hydrogen) atoms. The van der Waals surface area contributed by atoms with Crippen molar-refractivity contribution in [2.24, 2.45) is 17.8 Å². The van der Waals surface area contributed by atoms with Crippen molar-refractivity contribution < 1.29 is 28.2 Å². The number of hydrogen-bond donors (Lipinski definition) is 1. The third-order valence-electron chi connectivity index (χ3n) is 13.7. The third-order valence-corrected chi connectivity index (χ3v) is 18.7. The van der Waals surface area contributed by atoms with Gasteiger partial charge in [-0.15, -0.1) is 0 Å². The lowest BCUT2D eigenvalue weighted by molar-refractivity contribution is -0.144. The van der Waals surface area contributed by atoms with Crippen LogP contribution in [-0.2, 0) is 25.3 Å². The van der Waals surface area contributed by atoms with E-state index in [1.807, 2.05) is 24.3 Å². The van der Waals surface area contributed by atoms with E-state index < -0.39 is 26.0 Å². The minimum absolute atomic E-state index is 0.0312. The topological polar surface area (TPSA) is 79.3 Å². The second kappa shape index (κ2) is 18.4. The van der Waals surface area contributed by atoms with Crippen LogP contribution in [0.4, 0.5) is 4.39 Å². The van der Waals surface area contributed by atoms with Crippen LogP contribution in [-0.4, -0.2) is 73.5 Å². The molecule has 7 nitrogen and oxygen atoms in total. The number of nitrogens with zero attached hydrogens (tertiary/aromatic N) is 2. The molecule has 0 spiro atoms. The van der Waals surface area contributed by atoms with Crippen molar-refractivity contribution in [3.05, 3.63) is 143 Å². The summed E-state index contributed by atoms with van der Waals surface area (Å²) in [5.41, 5.74) is 5.41. The number of carbonyl (C=O) groups is 2. The Bertz CT molecular complexity index is 2190. The van der Waals surface area contributed by atoms with Crippen molar-refractivity contribution in [3.8, 4) is 5.75 Å². The van der Waals surface area contributed by atoms with Crippen LogP contribution in [0.2, 0.25) is 5.04 Å². The second-order valence-corrected chi connectivity index (χ2v) is 22.9. The van der Waals surface area contributed by atoms with Crippen LogP contribution in [0.5, 0.6) is 5.75 Å². The van der Waals surface area contributed by atoms with Gasteiger partial charge in [0.1, 0.15) is 0 Å². The minimum atomic E-state index is -2.94. The van der Waals surface area contributed by atoms with E-state index in [0.717, 1.165) is 62.9 Å². The molecule has 4 aromatic carbocycles. The summed E-state index contributed by atoms with van der Waals surface area (Å²) in [6.07, 6.45) is 7.02. The van der Waals surface area contributed by atoms with Crippen LogP contribution in [0.15, 0.2) is 126 Å². The van der Waals surface area contributed by atoms with Gasteiger partial charge in [0, 0.05) is 31.6 Å². The molecule has 3 fully saturated rings. The quantitative estimate of drug-likeness (QED) is 0.0776. The Morgan fingerprint density at radius 3 is 2.11 bits per heavy atom. The lowest BCUT2D eigenvalue weighted by Crippen LogP contribution is -2.66. The molecule has 1 aliphatic carbocycles. The number of carbonyl (C=O) groups excluding carboxylic acids is 2. The molecule has 3 saturated heterocycles. The summed E-state index contributed by atoms with van der Waals surface area (Å²) in [5, 5.41) is 12.0. The van der Waals surface area contributed by atoms with Gasteiger partial charge in [-0.25, -0.2) is 4.39 Å². The first-order chi connectivity index (χ1) is 29.5. The first kappa shape index (κ1) is 43.0. The normalized spacial score (nSPS) is 22.8. The van der Waals surface area contributed by atoms with Crippen molar-refractivity contribution >= 4 is 36.6 Å². The average molecular weight is 841 g/mol. The number of halogens is 1. The highest BCUT2D eigenvalue weighted by atomic mass is 28.4. The highest BCUT2D eigenvalue weighted by Gasteiger charge is 2.59. The lowest BCUT2D eigenvalue weighted by atomic mass is 9.69. The first-order valence-electron chi connectivity index (χ1n) is 22.4. The maximum Gasteiger partial charge on any atom is 0.261 e. The number of phenolic OH excluding ortho intramolecular Hbond substituents is 1. The molecule has 0 radical (unpaired) electrons. The smallest absolute Gasteiger partial charge is 0.261 e. The molecule has 0 saturated carbocycles. The summed E-state index contributed by atoms with van der Waals surface area (Å²) in [5.74, 6) is -2.15. The van der Waals surface area contributed by atoms with Crippen molar-refractivity contribution in [2.75, 3.05) is 26.3 Å². The molecule has 4 aromatic rings. The third kappa shape index (κ3) is 8.72. The Morgan fingerprint density at radius 1 is 0.869 bits per heavy atom. The molecular weight excluding hydrogens is 780 g/mol. The fourth-order valence-corrected chi connectivity index (χ4v) is 15.4. The van der Waals surface area contributed by atoms with Crippen LogP contribution < -0.4 is 10.4 Å². The van der Waals surface area contributed by atoms with Gasteiger partial charge in [-0.05, 0) is 88.3 Å². The van der Waals surface area contributed by atoms with Gasteiger partial charge in [-0.1, -0.05) is 143 Å². The molecule has 3 heterocycles. The van der Waals surface area contributed by atoms with Crippen molar-refractivity contribution in [1.29, 1.82) is 0 Å². The summed E-state index contributed by atoms with van der Waals surface area (Å²) in [6.45, 7) is 12.3. The van der Waals surface area contributed by atoms with Crippen molar-refractivity contribution in [3.63, 3.8) is 0 Å². The van der Waals surface area contributed by atoms with Gasteiger partial charge in [0.25, 0.3) is 8.32 Å². The Morgan fingerprint density at radius 2 is 1.51 bits per heavy atom. The van der Waals surface area contributed by atoms with E-state index >= 15 is 0 Å². The number of hydrogen-bond acceptors (Lipinski definition) is 6. The molecule has 8 rings (SSSR count). The fraction of sp³-hybridized carbons (Fsp3) is 0.423. The zero-order valence-electron chi connectivity index (χ0n) is 36.2. The summed E-state index contributed by atoms with van der Waals surface area (Å²) in [7, 11) is -2.94. The molecule has 0 aromatic heterocycles. The molecule has 3 aliphatic heterocycles. The minimum Gasteiger partial charge on any atom is -0.505 e. The van der Waals surface area contributed by atoms with Crippen LogP contribution in [0.25, 0.3) is 6.08 Å². The van der Waals surface area contributed by atoms with E-state index in [2.05, 4.69) is 105 Å². The number of ether oxygens (including phenoxy) is 1. The van der Waals surface area contributed by atoms with Gasteiger partial charge < -0.3 is 14.3 Å². The Labute approximate surface area is 362 Å². The highest BCUT2D eigenvalue weighted by Crippen LogP contribution is 2.51. The molecule has 4 atom stereocenters. The number of aromatic hydroxyl groups is 1. The SMILES string of the molecule is CCC/C(=C\c1ccc(O)c(F)c1)CC[C@H]1OC[C@H]2C1=C(CO[Si](c1ccccc1)(c1ccccc1)C(C)(C)C)C[C@H]1C(=O)N(C3CCN(Cc4ccccc4)CC3)C(=O)[C@H]12. The van der Waals surface area contributed by atoms with Gasteiger partial charge in [0.15, 0.2) is 11.6 Å². The van der Waals surface area contributed by atoms with Gasteiger partial charge >= 0.3 is 0 Å². The zero-order chi connectivity index (χ0) is 42.7. The van der Waals surface area contributed by atoms with Gasteiger partial charge in [0.05, 0.1) is 31.2 Å². The van der Waals surface area contributed by atoms with E-state index in [1.54, 1.807) is 11.0 Å². The summed E-state index contributed by atoms with van der Waals surface area (Å²) < 4.78 is 28.7.